The fourth-order valence-electron chi connectivity index (χ4n) is 2.32. The van der Waals surface area contributed by atoms with Crippen LogP contribution in [0.2, 0.25) is 0 Å². The van der Waals surface area contributed by atoms with Gasteiger partial charge in [-0.1, -0.05) is 25.1 Å². The van der Waals surface area contributed by atoms with Gasteiger partial charge < -0.3 is 14.2 Å². The Morgan fingerprint density at radius 3 is 2.37 bits per heavy atom. The molecule has 2 rings (SSSR count). The molecule has 30 heavy (non-hydrogen) atoms. The SMILES string of the molecule is CCCOC(=O)c1ccc(OCC(=O)NNC(=O)C(C)Oc2ccccc2C)cc1. The molecule has 2 aromatic carbocycles. The molecule has 0 saturated heterocycles. The second kappa shape index (κ2) is 11.5. The van der Waals surface area contributed by atoms with E-state index in [2.05, 4.69) is 10.9 Å². The molecule has 0 heterocycles. The van der Waals surface area contributed by atoms with Gasteiger partial charge in [-0.2, -0.15) is 0 Å². The van der Waals surface area contributed by atoms with Crippen molar-refractivity contribution in [1.29, 1.82) is 0 Å². The van der Waals surface area contributed by atoms with Crippen molar-refractivity contribution < 1.29 is 28.6 Å². The third kappa shape index (κ3) is 7.12. The molecule has 0 aliphatic heterocycles. The Morgan fingerprint density at radius 2 is 1.70 bits per heavy atom. The molecule has 160 valence electrons. The van der Waals surface area contributed by atoms with Gasteiger partial charge in [-0.3, -0.25) is 20.4 Å². The van der Waals surface area contributed by atoms with Crippen LogP contribution in [-0.4, -0.2) is 37.1 Å². The van der Waals surface area contributed by atoms with Crippen LogP contribution in [0.5, 0.6) is 11.5 Å². The van der Waals surface area contributed by atoms with E-state index in [1.54, 1.807) is 37.3 Å². The predicted octanol–water partition coefficient (Wildman–Crippen LogP) is 2.56. The Kier molecular flexibility index (Phi) is 8.68. The summed E-state index contributed by atoms with van der Waals surface area (Å²) in [6, 6.07) is 13.6. The molecule has 0 aromatic heterocycles. The highest BCUT2D eigenvalue weighted by molar-refractivity contribution is 5.89. The van der Waals surface area contributed by atoms with E-state index in [9.17, 15) is 14.4 Å². The summed E-state index contributed by atoms with van der Waals surface area (Å²) in [7, 11) is 0. The number of carbonyl (C=O) groups excluding carboxylic acids is 3. The molecule has 2 N–H and O–H groups in total. The van der Waals surface area contributed by atoms with Crippen LogP contribution >= 0.6 is 0 Å². The van der Waals surface area contributed by atoms with Crippen molar-refractivity contribution in [3.05, 3.63) is 59.7 Å². The Balaban J connectivity index is 1.73. The first-order valence-corrected chi connectivity index (χ1v) is 9.61. The quantitative estimate of drug-likeness (QED) is 0.483. The summed E-state index contributed by atoms with van der Waals surface area (Å²) < 4.78 is 16.0. The molecule has 8 heteroatoms. The molecular weight excluding hydrogens is 388 g/mol. The number of nitrogens with one attached hydrogen (secondary N) is 2. The largest absolute Gasteiger partial charge is 0.484 e. The third-order valence-corrected chi connectivity index (χ3v) is 3.99. The molecule has 0 bridgehead atoms. The van der Waals surface area contributed by atoms with Crippen molar-refractivity contribution in [3.63, 3.8) is 0 Å². The number of carbonyl (C=O) groups is 3. The number of ether oxygens (including phenoxy) is 3. The number of esters is 1. The second-order valence-corrected chi connectivity index (χ2v) is 6.51. The number of hydrazine groups is 1. The molecule has 2 amide bonds. The summed E-state index contributed by atoms with van der Waals surface area (Å²) in [5.74, 6) is -0.457. The number of benzene rings is 2. The minimum Gasteiger partial charge on any atom is -0.484 e. The smallest absolute Gasteiger partial charge is 0.338 e. The maximum absolute atomic E-state index is 12.1. The highest BCUT2D eigenvalue weighted by Gasteiger charge is 2.16. The normalized spacial score (nSPS) is 11.2. The molecule has 0 radical (unpaired) electrons. The monoisotopic (exact) mass is 414 g/mol. The average molecular weight is 414 g/mol. The van der Waals surface area contributed by atoms with Crippen LogP contribution in [0.3, 0.4) is 0 Å². The topological polar surface area (TPSA) is 103 Å². The fourth-order valence-corrected chi connectivity index (χ4v) is 2.32. The first-order valence-electron chi connectivity index (χ1n) is 9.61. The van der Waals surface area contributed by atoms with Crippen molar-refractivity contribution in [2.24, 2.45) is 0 Å². The lowest BCUT2D eigenvalue weighted by atomic mass is 10.2. The molecule has 0 aliphatic rings. The lowest BCUT2D eigenvalue weighted by Crippen LogP contribution is -2.48. The molecule has 1 unspecified atom stereocenters. The van der Waals surface area contributed by atoms with Crippen molar-refractivity contribution in [1.82, 2.24) is 10.9 Å². The molecule has 8 nitrogen and oxygen atoms in total. The van der Waals surface area contributed by atoms with Crippen LogP contribution in [-0.2, 0) is 14.3 Å². The van der Waals surface area contributed by atoms with Crippen LogP contribution in [0.25, 0.3) is 0 Å². The predicted molar refractivity (Wildman–Crippen MR) is 110 cm³/mol. The third-order valence-electron chi connectivity index (χ3n) is 3.99. The fraction of sp³-hybridized carbons (Fsp3) is 0.318. The van der Waals surface area contributed by atoms with Gasteiger partial charge in [0.2, 0.25) is 0 Å². The maximum atomic E-state index is 12.1. The maximum Gasteiger partial charge on any atom is 0.338 e. The van der Waals surface area contributed by atoms with Crippen LogP contribution in [0.1, 0.15) is 36.2 Å². The van der Waals surface area contributed by atoms with Gasteiger partial charge in [0, 0.05) is 0 Å². The highest BCUT2D eigenvalue weighted by atomic mass is 16.5. The summed E-state index contributed by atoms with van der Waals surface area (Å²) >= 11 is 0. The number of para-hydroxylation sites is 1. The molecule has 0 aliphatic carbocycles. The van der Waals surface area contributed by atoms with Gasteiger partial charge in [0.1, 0.15) is 11.5 Å². The van der Waals surface area contributed by atoms with Crippen LogP contribution in [0, 0.1) is 6.92 Å². The average Bonchev–Trinajstić information content (AvgIpc) is 2.76. The van der Waals surface area contributed by atoms with E-state index in [1.165, 1.54) is 0 Å². The molecule has 1 atom stereocenters. The van der Waals surface area contributed by atoms with Crippen molar-refractivity contribution in [2.45, 2.75) is 33.3 Å². The zero-order valence-electron chi connectivity index (χ0n) is 17.3. The molecule has 0 fully saturated rings. The summed E-state index contributed by atoms with van der Waals surface area (Å²) in [5.41, 5.74) is 5.87. The highest BCUT2D eigenvalue weighted by Crippen LogP contribution is 2.17. The molecule has 2 aromatic rings. The Bertz CT molecular complexity index is 866. The number of hydrogen-bond donors (Lipinski definition) is 2. The van der Waals surface area contributed by atoms with Gasteiger partial charge in [0.25, 0.3) is 11.8 Å². The van der Waals surface area contributed by atoms with Crippen LogP contribution < -0.4 is 20.3 Å². The lowest BCUT2D eigenvalue weighted by molar-refractivity contribution is -0.133. The van der Waals surface area contributed by atoms with Gasteiger partial charge >= 0.3 is 5.97 Å². The van der Waals surface area contributed by atoms with Gasteiger partial charge in [-0.25, -0.2) is 4.79 Å². The minimum atomic E-state index is -0.799. The lowest BCUT2D eigenvalue weighted by Gasteiger charge is -2.16. The summed E-state index contributed by atoms with van der Waals surface area (Å²) in [6.07, 6.45) is -0.0534. The minimum absolute atomic E-state index is 0.313. The van der Waals surface area contributed by atoms with Crippen molar-refractivity contribution >= 4 is 17.8 Å². The zero-order valence-corrected chi connectivity index (χ0v) is 17.3. The number of amides is 2. The van der Waals surface area contributed by atoms with Crippen molar-refractivity contribution in [3.8, 4) is 11.5 Å². The van der Waals surface area contributed by atoms with Gasteiger partial charge in [-0.15, -0.1) is 0 Å². The van der Waals surface area contributed by atoms with E-state index in [4.69, 9.17) is 14.2 Å². The van der Waals surface area contributed by atoms with E-state index in [0.717, 1.165) is 12.0 Å². The van der Waals surface area contributed by atoms with Gasteiger partial charge in [0.15, 0.2) is 12.7 Å². The van der Waals surface area contributed by atoms with Gasteiger partial charge in [-0.05, 0) is 56.2 Å². The first-order chi connectivity index (χ1) is 14.4. The summed E-state index contributed by atoms with van der Waals surface area (Å²) in [5, 5.41) is 0. The first kappa shape index (κ1) is 22.7. The van der Waals surface area contributed by atoms with E-state index < -0.39 is 23.9 Å². The van der Waals surface area contributed by atoms with Crippen LogP contribution in [0.15, 0.2) is 48.5 Å². The van der Waals surface area contributed by atoms with E-state index in [1.807, 2.05) is 32.0 Å². The Labute approximate surface area is 175 Å². The summed E-state index contributed by atoms with van der Waals surface area (Å²) in [6.45, 7) is 5.41. The molecule has 0 saturated carbocycles. The van der Waals surface area contributed by atoms with E-state index in [-0.39, 0.29) is 6.61 Å². The Hall–Kier alpha value is -3.55. The standard InChI is InChI=1S/C22H26N2O6/c1-4-13-28-22(27)17-9-11-18(12-10-17)29-14-20(25)23-24-21(26)16(3)30-19-8-6-5-7-15(19)2/h5-12,16H,4,13-14H2,1-3H3,(H,23,25)(H,24,26). The van der Waals surface area contributed by atoms with E-state index >= 15 is 0 Å². The second-order valence-electron chi connectivity index (χ2n) is 6.51. The zero-order chi connectivity index (χ0) is 21.9. The number of hydrogen-bond acceptors (Lipinski definition) is 6. The molecule has 0 spiro atoms. The van der Waals surface area contributed by atoms with Crippen LogP contribution in [0.4, 0.5) is 0 Å². The number of rotatable bonds is 9. The van der Waals surface area contributed by atoms with E-state index in [0.29, 0.717) is 23.7 Å². The van der Waals surface area contributed by atoms with Gasteiger partial charge in [0.05, 0.1) is 12.2 Å². The summed E-state index contributed by atoms with van der Waals surface area (Å²) in [4.78, 5) is 35.7. The number of aryl methyl sites for hydroxylation is 1. The Morgan fingerprint density at radius 1 is 1.00 bits per heavy atom. The molecular formula is C22H26N2O6. The van der Waals surface area contributed by atoms with Crippen molar-refractivity contribution in [2.75, 3.05) is 13.2 Å².